The fourth-order valence-corrected chi connectivity index (χ4v) is 2.26. The molecule has 6 heteroatoms. The first-order valence-electron chi connectivity index (χ1n) is 7.47. The molecule has 6 nitrogen and oxygen atoms in total. The van der Waals surface area contributed by atoms with Gasteiger partial charge >= 0.3 is 5.97 Å². The molecule has 0 aliphatic carbocycles. The lowest BCUT2D eigenvalue weighted by Crippen LogP contribution is -2.07. The van der Waals surface area contributed by atoms with E-state index in [2.05, 4.69) is 10.1 Å². The Hall–Kier alpha value is -3.15. The van der Waals surface area contributed by atoms with Crippen LogP contribution >= 0.6 is 0 Å². The van der Waals surface area contributed by atoms with E-state index in [0.717, 1.165) is 11.1 Å². The number of aromatic carboxylic acids is 1. The van der Waals surface area contributed by atoms with Crippen LogP contribution in [0.25, 0.3) is 5.82 Å². The van der Waals surface area contributed by atoms with Gasteiger partial charge in [-0.1, -0.05) is 29.8 Å². The Morgan fingerprint density at radius 3 is 2.67 bits per heavy atom. The second kappa shape index (κ2) is 6.54. The van der Waals surface area contributed by atoms with Gasteiger partial charge in [0.2, 0.25) is 5.88 Å². The fraction of sp³-hybridized carbons (Fsp3) is 0.167. The Balaban J connectivity index is 1.87. The molecule has 0 spiro atoms. The molecule has 0 amide bonds. The van der Waals surface area contributed by atoms with Crippen molar-refractivity contribution >= 4 is 5.97 Å². The van der Waals surface area contributed by atoms with Gasteiger partial charge in [-0.25, -0.2) is 9.78 Å². The summed E-state index contributed by atoms with van der Waals surface area (Å²) in [5.74, 6) is -0.0582. The van der Waals surface area contributed by atoms with Crippen LogP contribution in [-0.2, 0) is 6.61 Å². The number of nitrogens with zero attached hydrogens (tertiary/aromatic N) is 3. The van der Waals surface area contributed by atoms with Gasteiger partial charge < -0.3 is 9.84 Å². The van der Waals surface area contributed by atoms with Crippen molar-refractivity contribution in [3.63, 3.8) is 0 Å². The van der Waals surface area contributed by atoms with Crippen molar-refractivity contribution in [2.75, 3.05) is 0 Å². The highest BCUT2D eigenvalue weighted by atomic mass is 16.5. The minimum Gasteiger partial charge on any atom is -0.478 e. The van der Waals surface area contributed by atoms with Crippen molar-refractivity contribution in [3.05, 3.63) is 71.0 Å². The van der Waals surface area contributed by atoms with E-state index < -0.39 is 5.97 Å². The normalized spacial score (nSPS) is 10.6. The quantitative estimate of drug-likeness (QED) is 0.780. The molecule has 0 fully saturated rings. The number of aromatic nitrogens is 3. The Morgan fingerprint density at radius 1 is 1.21 bits per heavy atom. The summed E-state index contributed by atoms with van der Waals surface area (Å²) in [6.07, 6.45) is 3.11. The van der Waals surface area contributed by atoms with E-state index in [1.807, 2.05) is 38.1 Å². The highest BCUT2D eigenvalue weighted by Crippen LogP contribution is 2.22. The average Bonchev–Trinajstić information content (AvgIpc) is 2.95. The van der Waals surface area contributed by atoms with E-state index in [-0.39, 0.29) is 5.56 Å². The maximum atomic E-state index is 11.1. The van der Waals surface area contributed by atoms with Crippen LogP contribution in [0.5, 0.6) is 5.88 Å². The van der Waals surface area contributed by atoms with Crippen LogP contribution in [0.15, 0.2) is 48.8 Å². The van der Waals surface area contributed by atoms with E-state index >= 15 is 0 Å². The molecule has 122 valence electrons. The number of hydrogen-bond donors (Lipinski definition) is 1. The molecule has 2 aromatic heterocycles. The van der Waals surface area contributed by atoms with Gasteiger partial charge in [0.1, 0.15) is 6.61 Å². The Bertz CT molecular complexity index is 869. The molecule has 0 saturated heterocycles. The number of aryl methyl sites for hydroxylation is 2. The maximum absolute atomic E-state index is 11.1. The number of rotatable bonds is 5. The SMILES string of the molecule is Cc1ccc(COc2c(C)cnn2-c2cc(C(=O)O)ccn2)cc1. The van der Waals surface area contributed by atoms with Crippen molar-refractivity contribution in [3.8, 4) is 11.7 Å². The van der Waals surface area contributed by atoms with Crippen molar-refractivity contribution < 1.29 is 14.6 Å². The molecule has 0 saturated carbocycles. The van der Waals surface area contributed by atoms with E-state index in [1.54, 1.807) is 6.20 Å². The first-order valence-corrected chi connectivity index (χ1v) is 7.47. The van der Waals surface area contributed by atoms with Crippen molar-refractivity contribution in [2.24, 2.45) is 0 Å². The number of hydrogen-bond acceptors (Lipinski definition) is 4. The summed E-state index contributed by atoms with van der Waals surface area (Å²) >= 11 is 0. The summed E-state index contributed by atoms with van der Waals surface area (Å²) in [5.41, 5.74) is 3.23. The van der Waals surface area contributed by atoms with Crippen LogP contribution in [0.1, 0.15) is 27.0 Å². The van der Waals surface area contributed by atoms with Gasteiger partial charge in [-0.3, -0.25) is 0 Å². The third-order valence-electron chi connectivity index (χ3n) is 3.60. The van der Waals surface area contributed by atoms with Gasteiger partial charge in [-0.15, -0.1) is 0 Å². The highest BCUT2D eigenvalue weighted by Gasteiger charge is 2.14. The van der Waals surface area contributed by atoms with Crippen molar-refractivity contribution in [1.82, 2.24) is 14.8 Å². The van der Waals surface area contributed by atoms with Gasteiger partial charge in [-0.2, -0.15) is 9.78 Å². The summed E-state index contributed by atoms with van der Waals surface area (Å²) < 4.78 is 7.41. The second-order valence-electron chi connectivity index (χ2n) is 5.53. The lowest BCUT2D eigenvalue weighted by molar-refractivity contribution is 0.0696. The average molecular weight is 323 g/mol. The third kappa shape index (κ3) is 3.27. The number of benzene rings is 1. The van der Waals surface area contributed by atoms with Gasteiger partial charge in [0.15, 0.2) is 5.82 Å². The third-order valence-corrected chi connectivity index (χ3v) is 3.60. The molecule has 0 unspecified atom stereocenters. The van der Waals surface area contributed by atoms with E-state index in [4.69, 9.17) is 9.84 Å². The van der Waals surface area contributed by atoms with Gasteiger partial charge in [0.05, 0.1) is 11.8 Å². The first kappa shape index (κ1) is 15.7. The molecule has 1 aromatic carbocycles. The lowest BCUT2D eigenvalue weighted by Gasteiger charge is -2.10. The lowest BCUT2D eigenvalue weighted by atomic mass is 10.2. The monoisotopic (exact) mass is 323 g/mol. The van der Waals surface area contributed by atoms with Crippen LogP contribution < -0.4 is 4.74 Å². The number of ether oxygens (including phenoxy) is 1. The predicted octanol–water partition coefficient (Wildman–Crippen LogP) is 3.16. The van der Waals surface area contributed by atoms with E-state index in [1.165, 1.54) is 28.6 Å². The number of carboxylic acids is 1. The van der Waals surface area contributed by atoms with Crippen LogP contribution in [0.2, 0.25) is 0 Å². The standard InChI is InChI=1S/C18H17N3O3/c1-12-3-5-14(6-4-12)11-24-17-13(2)10-20-21(17)16-9-15(18(22)23)7-8-19-16/h3-10H,11H2,1-2H3,(H,22,23). The van der Waals surface area contributed by atoms with Crippen LogP contribution in [0.3, 0.4) is 0 Å². The molecule has 3 aromatic rings. The number of carbonyl (C=O) groups is 1. The summed E-state index contributed by atoms with van der Waals surface area (Å²) in [6, 6.07) is 11.0. The Morgan fingerprint density at radius 2 is 1.96 bits per heavy atom. The first-order chi connectivity index (χ1) is 11.5. The van der Waals surface area contributed by atoms with Crippen LogP contribution in [0, 0.1) is 13.8 Å². The Labute approximate surface area is 139 Å². The Kier molecular flexibility index (Phi) is 4.29. The topological polar surface area (TPSA) is 77.2 Å². The zero-order valence-electron chi connectivity index (χ0n) is 13.4. The van der Waals surface area contributed by atoms with E-state index in [0.29, 0.717) is 18.3 Å². The summed E-state index contributed by atoms with van der Waals surface area (Å²) in [6.45, 7) is 4.31. The summed E-state index contributed by atoms with van der Waals surface area (Å²) in [5, 5.41) is 13.4. The molecular formula is C18H17N3O3. The maximum Gasteiger partial charge on any atom is 0.335 e. The fourth-order valence-electron chi connectivity index (χ4n) is 2.26. The van der Waals surface area contributed by atoms with Gasteiger partial charge in [0, 0.05) is 11.8 Å². The molecular weight excluding hydrogens is 306 g/mol. The molecule has 0 atom stereocenters. The van der Waals surface area contributed by atoms with E-state index in [9.17, 15) is 4.79 Å². The molecule has 3 rings (SSSR count). The van der Waals surface area contributed by atoms with Crippen molar-refractivity contribution in [2.45, 2.75) is 20.5 Å². The minimum absolute atomic E-state index is 0.151. The van der Waals surface area contributed by atoms with Crippen molar-refractivity contribution in [1.29, 1.82) is 0 Å². The molecule has 0 aliphatic rings. The predicted molar refractivity (Wildman–Crippen MR) is 88.6 cm³/mol. The molecule has 2 heterocycles. The highest BCUT2D eigenvalue weighted by molar-refractivity contribution is 5.87. The number of pyridine rings is 1. The summed E-state index contributed by atoms with van der Waals surface area (Å²) in [4.78, 5) is 15.3. The van der Waals surface area contributed by atoms with Crippen LogP contribution in [0.4, 0.5) is 0 Å². The molecule has 0 radical (unpaired) electrons. The number of carboxylic acid groups (broad SMARTS) is 1. The molecule has 24 heavy (non-hydrogen) atoms. The van der Waals surface area contributed by atoms with Gasteiger partial charge in [0.25, 0.3) is 0 Å². The smallest absolute Gasteiger partial charge is 0.335 e. The summed E-state index contributed by atoms with van der Waals surface area (Å²) in [7, 11) is 0. The molecule has 1 N–H and O–H groups in total. The largest absolute Gasteiger partial charge is 0.478 e. The van der Waals surface area contributed by atoms with Gasteiger partial charge in [-0.05, 0) is 31.5 Å². The minimum atomic E-state index is -1.01. The zero-order chi connectivity index (χ0) is 17.1. The molecule has 0 aliphatic heterocycles. The zero-order valence-corrected chi connectivity index (χ0v) is 13.4. The molecule has 0 bridgehead atoms. The van der Waals surface area contributed by atoms with Crippen LogP contribution in [-0.4, -0.2) is 25.8 Å². The second-order valence-corrected chi connectivity index (χ2v) is 5.53.